The molecule has 0 radical (unpaired) electrons. The van der Waals surface area contributed by atoms with Gasteiger partial charge in [-0.2, -0.15) is 0 Å². The number of ether oxygens (including phenoxy) is 1. The van der Waals surface area contributed by atoms with E-state index in [1.165, 1.54) is 19.2 Å². The fourth-order valence-electron chi connectivity index (χ4n) is 1.47. The largest absolute Gasteiger partial charge is 0.497 e. The Morgan fingerprint density at radius 2 is 1.84 bits per heavy atom. The Morgan fingerprint density at radius 3 is 2.32 bits per heavy atom. The number of methoxy groups -OCH3 is 1. The number of alkyl halides is 1. The Balaban J connectivity index is 2.75. The van der Waals surface area contributed by atoms with Gasteiger partial charge in [-0.25, -0.2) is 13.1 Å². The third-order valence-corrected chi connectivity index (χ3v) is 4.49. The van der Waals surface area contributed by atoms with E-state index in [0.717, 1.165) is 6.42 Å². The molecule has 0 saturated carbocycles. The lowest BCUT2D eigenvalue weighted by Crippen LogP contribution is -2.34. The van der Waals surface area contributed by atoms with Crippen molar-refractivity contribution in [2.24, 2.45) is 5.41 Å². The molecule has 0 heterocycles. The lowest BCUT2D eigenvalue weighted by atomic mass is 9.91. The van der Waals surface area contributed by atoms with Crippen molar-refractivity contribution in [3.8, 4) is 5.75 Å². The Bertz CT molecular complexity index is 497. The summed E-state index contributed by atoms with van der Waals surface area (Å²) in [5, 5.41) is 0. The van der Waals surface area contributed by atoms with Crippen LogP contribution in [0.5, 0.6) is 5.75 Å². The molecule has 0 atom stereocenters. The van der Waals surface area contributed by atoms with Gasteiger partial charge in [0, 0.05) is 12.4 Å². The van der Waals surface area contributed by atoms with Crippen LogP contribution in [0.4, 0.5) is 0 Å². The van der Waals surface area contributed by atoms with Gasteiger partial charge in [-0.3, -0.25) is 0 Å². The maximum Gasteiger partial charge on any atom is 0.240 e. The molecule has 0 aromatic heterocycles. The molecule has 0 fully saturated rings. The van der Waals surface area contributed by atoms with Crippen molar-refractivity contribution in [2.45, 2.75) is 25.2 Å². The first-order chi connectivity index (χ1) is 8.80. The van der Waals surface area contributed by atoms with Crippen LogP contribution in [0.3, 0.4) is 0 Å². The number of halogens is 1. The predicted molar refractivity (Wildman–Crippen MR) is 77.3 cm³/mol. The van der Waals surface area contributed by atoms with Crippen LogP contribution in [-0.4, -0.2) is 28.0 Å². The van der Waals surface area contributed by atoms with E-state index in [-0.39, 0.29) is 10.3 Å². The lowest BCUT2D eigenvalue weighted by molar-refractivity contribution is 0.352. The zero-order chi connectivity index (χ0) is 14.5. The molecule has 0 aliphatic rings. The van der Waals surface area contributed by atoms with Gasteiger partial charge in [0.25, 0.3) is 0 Å². The van der Waals surface area contributed by atoms with Gasteiger partial charge in [0.2, 0.25) is 10.0 Å². The summed E-state index contributed by atoms with van der Waals surface area (Å²) in [6.45, 7) is 4.31. The summed E-state index contributed by atoms with van der Waals surface area (Å²) in [6, 6.07) is 6.29. The van der Waals surface area contributed by atoms with Crippen LogP contribution in [0.2, 0.25) is 0 Å². The molecule has 0 saturated heterocycles. The number of hydrogen-bond acceptors (Lipinski definition) is 3. The van der Waals surface area contributed by atoms with Crippen LogP contribution in [0, 0.1) is 5.41 Å². The number of nitrogens with one attached hydrogen (secondary N) is 1. The molecule has 6 heteroatoms. The van der Waals surface area contributed by atoms with Crippen LogP contribution < -0.4 is 9.46 Å². The molecule has 0 unspecified atom stereocenters. The summed E-state index contributed by atoms with van der Waals surface area (Å²) in [6.07, 6.45) is 0.750. The van der Waals surface area contributed by atoms with Gasteiger partial charge in [0.15, 0.2) is 0 Å². The SMILES string of the molecule is COc1ccc(S(=O)(=O)NCC(C)(C)CCCl)cc1. The van der Waals surface area contributed by atoms with E-state index in [1.807, 2.05) is 13.8 Å². The summed E-state index contributed by atoms with van der Waals surface area (Å²) >= 11 is 5.70. The van der Waals surface area contributed by atoms with Crippen LogP contribution in [0.1, 0.15) is 20.3 Å². The number of sulfonamides is 1. The maximum atomic E-state index is 12.1. The quantitative estimate of drug-likeness (QED) is 0.788. The first-order valence-corrected chi connectivity index (χ1v) is 8.02. The summed E-state index contributed by atoms with van der Waals surface area (Å²) in [5.41, 5.74) is -0.165. The second-order valence-electron chi connectivity index (χ2n) is 5.10. The van der Waals surface area contributed by atoms with E-state index in [4.69, 9.17) is 16.3 Å². The fraction of sp³-hybridized carbons (Fsp3) is 0.538. The highest BCUT2D eigenvalue weighted by Crippen LogP contribution is 2.21. The van der Waals surface area contributed by atoms with Crippen molar-refractivity contribution >= 4 is 21.6 Å². The molecule has 0 aliphatic carbocycles. The molecule has 0 aliphatic heterocycles. The van der Waals surface area contributed by atoms with Gasteiger partial charge in [-0.05, 0) is 36.1 Å². The molecule has 0 spiro atoms. The summed E-state index contributed by atoms with van der Waals surface area (Å²) in [4.78, 5) is 0.231. The zero-order valence-electron chi connectivity index (χ0n) is 11.4. The van der Waals surface area contributed by atoms with Crippen molar-refractivity contribution in [3.05, 3.63) is 24.3 Å². The minimum absolute atomic E-state index is 0.165. The molecule has 1 aromatic rings. The second kappa shape index (κ2) is 6.59. The highest BCUT2D eigenvalue weighted by molar-refractivity contribution is 7.89. The van der Waals surface area contributed by atoms with Crippen molar-refractivity contribution in [2.75, 3.05) is 19.5 Å². The van der Waals surface area contributed by atoms with E-state index < -0.39 is 10.0 Å². The minimum atomic E-state index is -3.49. The van der Waals surface area contributed by atoms with E-state index in [1.54, 1.807) is 12.1 Å². The number of hydrogen-bond donors (Lipinski definition) is 1. The normalized spacial score (nSPS) is 12.4. The average Bonchev–Trinajstić information content (AvgIpc) is 2.37. The highest BCUT2D eigenvalue weighted by atomic mass is 35.5. The minimum Gasteiger partial charge on any atom is -0.497 e. The average molecular weight is 306 g/mol. The van der Waals surface area contributed by atoms with Gasteiger partial charge < -0.3 is 4.74 Å². The van der Waals surface area contributed by atoms with Crippen molar-refractivity contribution in [1.82, 2.24) is 4.72 Å². The van der Waals surface area contributed by atoms with Gasteiger partial charge in [-0.1, -0.05) is 13.8 Å². The molecule has 1 rings (SSSR count). The first kappa shape index (κ1) is 16.3. The highest BCUT2D eigenvalue weighted by Gasteiger charge is 2.21. The van der Waals surface area contributed by atoms with Gasteiger partial charge in [-0.15, -0.1) is 11.6 Å². The third kappa shape index (κ3) is 5.01. The monoisotopic (exact) mass is 305 g/mol. The summed E-state index contributed by atoms with van der Waals surface area (Å²) in [5.74, 6) is 1.14. The van der Waals surface area contributed by atoms with Crippen molar-refractivity contribution < 1.29 is 13.2 Å². The Morgan fingerprint density at radius 1 is 1.26 bits per heavy atom. The fourth-order valence-corrected chi connectivity index (χ4v) is 3.23. The summed E-state index contributed by atoms with van der Waals surface area (Å²) < 4.78 is 31.8. The van der Waals surface area contributed by atoms with Crippen LogP contribution in [0.25, 0.3) is 0 Å². The smallest absolute Gasteiger partial charge is 0.240 e. The topological polar surface area (TPSA) is 55.4 Å². The van der Waals surface area contributed by atoms with Gasteiger partial charge in [0.1, 0.15) is 5.75 Å². The van der Waals surface area contributed by atoms with Crippen LogP contribution >= 0.6 is 11.6 Å². The van der Waals surface area contributed by atoms with Gasteiger partial charge >= 0.3 is 0 Å². The number of rotatable bonds is 7. The molecule has 1 N–H and O–H groups in total. The number of benzene rings is 1. The Hall–Kier alpha value is -0.780. The Labute approximate surface area is 120 Å². The Kier molecular flexibility index (Phi) is 5.64. The molecule has 4 nitrogen and oxygen atoms in total. The van der Waals surface area contributed by atoms with Crippen molar-refractivity contribution in [3.63, 3.8) is 0 Å². The van der Waals surface area contributed by atoms with Crippen LogP contribution in [0.15, 0.2) is 29.2 Å². The van der Waals surface area contributed by atoms with Crippen molar-refractivity contribution in [1.29, 1.82) is 0 Å². The molecule has 0 amide bonds. The second-order valence-corrected chi connectivity index (χ2v) is 7.25. The molecule has 19 heavy (non-hydrogen) atoms. The third-order valence-electron chi connectivity index (χ3n) is 2.88. The predicted octanol–water partition coefficient (Wildman–Crippen LogP) is 2.63. The first-order valence-electron chi connectivity index (χ1n) is 6.00. The van der Waals surface area contributed by atoms with E-state index >= 15 is 0 Å². The zero-order valence-corrected chi connectivity index (χ0v) is 13.0. The van der Waals surface area contributed by atoms with E-state index in [9.17, 15) is 8.42 Å². The lowest BCUT2D eigenvalue weighted by Gasteiger charge is -2.23. The van der Waals surface area contributed by atoms with Crippen LogP contribution in [-0.2, 0) is 10.0 Å². The molecule has 0 bridgehead atoms. The molecular weight excluding hydrogens is 286 g/mol. The molecule has 108 valence electrons. The molecular formula is C13H20ClNO3S. The van der Waals surface area contributed by atoms with E-state index in [0.29, 0.717) is 18.2 Å². The van der Waals surface area contributed by atoms with E-state index in [2.05, 4.69) is 4.72 Å². The standard InChI is InChI=1S/C13H20ClNO3S/c1-13(2,8-9-14)10-15-19(16,17)12-6-4-11(18-3)5-7-12/h4-7,15H,8-10H2,1-3H3. The maximum absolute atomic E-state index is 12.1. The molecule has 1 aromatic carbocycles. The van der Waals surface area contributed by atoms with Gasteiger partial charge in [0.05, 0.1) is 12.0 Å². The summed E-state index contributed by atoms with van der Waals surface area (Å²) in [7, 11) is -1.95.